The number of rotatable bonds is 6. The van der Waals surface area contributed by atoms with Gasteiger partial charge in [0, 0.05) is 67.9 Å². The zero-order chi connectivity index (χ0) is 25.7. The Labute approximate surface area is 212 Å². The largest absolute Gasteiger partial charge is 0.507 e. The van der Waals surface area contributed by atoms with Crippen molar-refractivity contribution >= 4 is 5.65 Å². The number of imidazole rings is 1. The number of hydrogen-bond donors (Lipinski definition) is 1. The Morgan fingerprint density at radius 1 is 1.05 bits per heavy atom. The van der Waals surface area contributed by atoms with Gasteiger partial charge in [-0.3, -0.25) is 9.58 Å². The molecular weight excluding hydrogens is 473 g/mol. The maximum atomic E-state index is 14.5. The second kappa shape index (κ2) is 8.97. The van der Waals surface area contributed by atoms with Gasteiger partial charge in [0.1, 0.15) is 5.75 Å². The minimum absolute atomic E-state index is 0.0575. The summed E-state index contributed by atoms with van der Waals surface area (Å²) in [4.78, 5) is 6.51. The van der Waals surface area contributed by atoms with E-state index in [4.69, 9.17) is 4.74 Å². The lowest BCUT2D eigenvalue weighted by Crippen LogP contribution is -2.44. The zero-order valence-corrected chi connectivity index (χ0v) is 20.8. The number of nitrogens with zero attached hydrogens (tertiary/aromatic N) is 7. The molecule has 0 saturated carbocycles. The molecule has 1 aliphatic heterocycles. The molecule has 5 heterocycles. The summed E-state index contributed by atoms with van der Waals surface area (Å²) in [5, 5.41) is 23.9. The number of aryl methyl sites for hydroxylation is 2. The average molecular weight is 500 g/mol. The maximum Gasteiger partial charge on any atom is 0.237 e. The summed E-state index contributed by atoms with van der Waals surface area (Å²) in [5.74, 6) is 0.604. The summed E-state index contributed by atoms with van der Waals surface area (Å²) in [6.45, 7) is 4.35. The average Bonchev–Trinajstić information content (AvgIpc) is 3.42. The van der Waals surface area contributed by atoms with Gasteiger partial charge in [0.2, 0.25) is 5.88 Å². The van der Waals surface area contributed by atoms with E-state index in [2.05, 4.69) is 25.2 Å². The molecule has 0 atom stereocenters. The SMILES string of the molecule is COc1nn(C)cc1CN1CC(c2ccc(-c3ccc(-c4cc(F)c5nc(C)cn5c4)cc3O)nn2)C1. The highest BCUT2D eigenvalue weighted by molar-refractivity contribution is 5.74. The molecule has 1 saturated heterocycles. The molecule has 0 bridgehead atoms. The minimum Gasteiger partial charge on any atom is -0.507 e. The number of hydrogen-bond acceptors (Lipinski definition) is 7. The van der Waals surface area contributed by atoms with E-state index in [9.17, 15) is 9.50 Å². The first kappa shape index (κ1) is 23.1. The minimum atomic E-state index is -0.412. The van der Waals surface area contributed by atoms with Crippen molar-refractivity contribution in [2.24, 2.45) is 7.05 Å². The van der Waals surface area contributed by atoms with Gasteiger partial charge in [-0.15, -0.1) is 5.10 Å². The molecule has 9 nitrogen and oxygen atoms in total. The van der Waals surface area contributed by atoms with E-state index in [-0.39, 0.29) is 11.4 Å². The molecule has 1 aromatic carbocycles. The van der Waals surface area contributed by atoms with Crippen LogP contribution in [0.2, 0.25) is 0 Å². The van der Waals surface area contributed by atoms with Crippen molar-refractivity contribution < 1.29 is 14.2 Å². The van der Waals surface area contributed by atoms with E-state index in [0.717, 1.165) is 36.6 Å². The smallest absolute Gasteiger partial charge is 0.237 e. The molecule has 1 N–H and O–H groups in total. The standard InChI is InChI=1S/C27H26FN7O2/c1-16-10-35-15-18(8-22(28)26(35)29-16)17-4-5-21(25(36)9-17)24-7-6-23(30-31-24)19-12-34(13-19)14-20-11-33(2)32-27(20)37-3/h4-11,15,19,36H,12-14H2,1-3H3. The number of likely N-dealkylation sites (tertiary alicyclic amines) is 1. The molecular formula is C27H26FN7O2. The first-order valence-corrected chi connectivity index (χ1v) is 12.0. The number of aromatic nitrogens is 6. The Morgan fingerprint density at radius 3 is 2.62 bits per heavy atom. The number of halogens is 1. The predicted octanol–water partition coefficient (Wildman–Crippen LogP) is 3.95. The van der Waals surface area contributed by atoms with Crippen molar-refractivity contribution in [3.8, 4) is 34.0 Å². The highest BCUT2D eigenvalue weighted by atomic mass is 19.1. The highest BCUT2D eigenvalue weighted by Gasteiger charge is 2.30. The van der Waals surface area contributed by atoms with Crippen LogP contribution in [0.4, 0.5) is 4.39 Å². The van der Waals surface area contributed by atoms with Crippen LogP contribution in [0.5, 0.6) is 11.6 Å². The van der Waals surface area contributed by atoms with Crippen LogP contribution in [0.3, 0.4) is 0 Å². The van der Waals surface area contributed by atoms with Gasteiger partial charge in [-0.1, -0.05) is 6.07 Å². The summed E-state index contributed by atoms with van der Waals surface area (Å²) >= 11 is 0. The number of aromatic hydroxyl groups is 1. The summed E-state index contributed by atoms with van der Waals surface area (Å²) < 4.78 is 23.3. The first-order valence-electron chi connectivity index (χ1n) is 12.0. The maximum absolute atomic E-state index is 14.5. The molecule has 0 amide bonds. The third-order valence-electron chi connectivity index (χ3n) is 6.75. The van der Waals surface area contributed by atoms with Gasteiger partial charge < -0.3 is 14.2 Å². The van der Waals surface area contributed by atoms with Gasteiger partial charge in [0.05, 0.1) is 24.2 Å². The topological polar surface area (TPSA) is 93.6 Å². The van der Waals surface area contributed by atoms with Crippen molar-refractivity contribution in [3.63, 3.8) is 0 Å². The number of fused-ring (bicyclic) bond motifs is 1. The van der Waals surface area contributed by atoms with Crippen molar-refractivity contribution in [3.05, 3.63) is 77.8 Å². The van der Waals surface area contributed by atoms with Crippen molar-refractivity contribution in [1.29, 1.82) is 0 Å². The lowest BCUT2D eigenvalue weighted by Gasteiger charge is -2.38. The van der Waals surface area contributed by atoms with Crippen molar-refractivity contribution in [1.82, 2.24) is 34.3 Å². The third-order valence-corrected chi connectivity index (χ3v) is 6.75. The predicted molar refractivity (Wildman–Crippen MR) is 136 cm³/mol. The van der Waals surface area contributed by atoms with Gasteiger partial charge in [0.25, 0.3) is 0 Å². The van der Waals surface area contributed by atoms with Crippen LogP contribution >= 0.6 is 0 Å². The fraction of sp³-hybridized carbons (Fsp3) is 0.259. The van der Waals surface area contributed by atoms with Gasteiger partial charge in [-0.2, -0.15) is 10.2 Å². The lowest BCUT2D eigenvalue weighted by molar-refractivity contribution is 0.135. The van der Waals surface area contributed by atoms with Crippen LogP contribution in [0.1, 0.15) is 22.9 Å². The summed E-state index contributed by atoms with van der Waals surface area (Å²) in [6, 6.07) is 10.5. The summed E-state index contributed by atoms with van der Waals surface area (Å²) in [7, 11) is 3.52. The lowest BCUT2D eigenvalue weighted by atomic mass is 9.95. The van der Waals surface area contributed by atoms with E-state index in [1.807, 2.05) is 38.4 Å². The van der Waals surface area contributed by atoms with Crippen LogP contribution in [0.25, 0.3) is 28.0 Å². The highest BCUT2D eigenvalue weighted by Crippen LogP contribution is 2.34. The molecule has 0 unspecified atom stereocenters. The normalized spacial score (nSPS) is 14.3. The molecule has 0 spiro atoms. The Morgan fingerprint density at radius 2 is 1.89 bits per heavy atom. The van der Waals surface area contributed by atoms with E-state index in [0.29, 0.717) is 34.2 Å². The Balaban J connectivity index is 1.15. The molecule has 1 aliphatic rings. The molecule has 37 heavy (non-hydrogen) atoms. The van der Waals surface area contributed by atoms with Crippen molar-refractivity contribution in [2.75, 3.05) is 20.2 Å². The van der Waals surface area contributed by atoms with Crippen LogP contribution < -0.4 is 4.74 Å². The fourth-order valence-corrected chi connectivity index (χ4v) is 4.89. The fourth-order valence-electron chi connectivity index (χ4n) is 4.89. The number of pyridine rings is 1. The second-order valence-electron chi connectivity index (χ2n) is 9.49. The van der Waals surface area contributed by atoms with Crippen LogP contribution in [-0.4, -0.2) is 59.6 Å². The molecule has 5 aromatic rings. The Kier molecular flexibility index (Phi) is 5.60. The van der Waals surface area contributed by atoms with Gasteiger partial charge in [-0.05, 0) is 42.8 Å². The zero-order valence-electron chi connectivity index (χ0n) is 20.8. The number of phenols is 1. The molecule has 1 fully saturated rings. The summed E-state index contributed by atoms with van der Waals surface area (Å²) in [5.41, 5.74) is 5.49. The van der Waals surface area contributed by atoms with Gasteiger partial charge in [-0.25, -0.2) is 9.37 Å². The van der Waals surface area contributed by atoms with Crippen LogP contribution in [0, 0.1) is 12.7 Å². The number of benzene rings is 1. The van der Waals surface area contributed by atoms with E-state index in [1.54, 1.807) is 40.7 Å². The second-order valence-corrected chi connectivity index (χ2v) is 9.49. The molecule has 6 rings (SSSR count). The van der Waals surface area contributed by atoms with Gasteiger partial charge in [0.15, 0.2) is 11.5 Å². The van der Waals surface area contributed by atoms with Crippen LogP contribution in [-0.2, 0) is 13.6 Å². The number of phenolic OH excluding ortho intramolecular Hbond substituents is 1. The molecule has 4 aromatic heterocycles. The Bertz CT molecular complexity index is 1600. The summed E-state index contributed by atoms with van der Waals surface area (Å²) in [6.07, 6.45) is 5.55. The molecule has 0 radical (unpaired) electrons. The monoisotopic (exact) mass is 499 g/mol. The third kappa shape index (κ3) is 4.29. The number of methoxy groups -OCH3 is 1. The van der Waals surface area contributed by atoms with Gasteiger partial charge >= 0.3 is 0 Å². The van der Waals surface area contributed by atoms with E-state index in [1.165, 1.54) is 6.07 Å². The van der Waals surface area contributed by atoms with E-state index < -0.39 is 5.82 Å². The van der Waals surface area contributed by atoms with E-state index >= 15 is 0 Å². The first-order chi connectivity index (χ1) is 17.9. The molecule has 0 aliphatic carbocycles. The molecule has 188 valence electrons. The van der Waals surface area contributed by atoms with Crippen molar-refractivity contribution in [2.45, 2.75) is 19.4 Å². The molecule has 10 heteroatoms. The number of ether oxygens (including phenoxy) is 1. The Hall–Kier alpha value is -4.31. The van der Waals surface area contributed by atoms with Crippen LogP contribution in [0.15, 0.2) is 55.0 Å². The quantitative estimate of drug-likeness (QED) is 0.378.